The zero-order valence-electron chi connectivity index (χ0n) is 9.60. The molecule has 0 amide bonds. The van der Waals surface area contributed by atoms with Crippen LogP contribution in [0.4, 0.5) is 0 Å². The van der Waals surface area contributed by atoms with Gasteiger partial charge in [-0.15, -0.1) is 11.3 Å². The zero-order chi connectivity index (χ0) is 11.4. The highest BCUT2D eigenvalue weighted by molar-refractivity contribution is 7.09. The smallest absolute Gasteiger partial charge is 0.0798 e. The molecule has 2 rings (SSSR count). The number of aryl methyl sites for hydroxylation is 2. The van der Waals surface area contributed by atoms with Gasteiger partial charge in [-0.25, -0.2) is 4.98 Å². The SMILES string of the molecule is CCn1cc(CNCc2scnc2C)cn1. The topological polar surface area (TPSA) is 42.7 Å². The van der Waals surface area contributed by atoms with E-state index < -0.39 is 0 Å². The summed E-state index contributed by atoms with van der Waals surface area (Å²) >= 11 is 1.70. The predicted octanol–water partition coefficient (Wildman–Crippen LogP) is 1.96. The summed E-state index contributed by atoms with van der Waals surface area (Å²) in [6.07, 6.45) is 3.99. The molecule has 1 N–H and O–H groups in total. The molecule has 5 heteroatoms. The fourth-order valence-corrected chi connectivity index (χ4v) is 2.23. The third-order valence-electron chi connectivity index (χ3n) is 2.47. The third kappa shape index (κ3) is 2.68. The Balaban J connectivity index is 1.82. The van der Waals surface area contributed by atoms with Crippen molar-refractivity contribution < 1.29 is 0 Å². The van der Waals surface area contributed by atoms with Crippen LogP contribution < -0.4 is 5.32 Å². The Labute approximate surface area is 99.3 Å². The fraction of sp³-hybridized carbons (Fsp3) is 0.455. The molecule has 16 heavy (non-hydrogen) atoms. The van der Waals surface area contributed by atoms with Gasteiger partial charge in [0, 0.05) is 36.3 Å². The van der Waals surface area contributed by atoms with E-state index in [0.717, 1.165) is 25.3 Å². The van der Waals surface area contributed by atoms with Crippen LogP contribution in [0, 0.1) is 6.92 Å². The molecule has 2 aromatic rings. The Hall–Kier alpha value is -1.20. The van der Waals surface area contributed by atoms with Gasteiger partial charge in [-0.3, -0.25) is 4.68 Å². The number of nitrogens with zero attached hydrogens (tertiary/aromatic N) is 3. The maximum atomic E-state index is 4.23. The number of aromatic nitrogens is 3. The van der Waals surface area contributed by atoms with Crippen LogP contribution in [0.2, 0.25) is 0 Å². The lowest BCUT2D eigenvalue weighted by Crippen LogP contribution is -2.12. The van der Waals surface area contributed by atoms with Gasteiger partial charge in [0.2, 0.25) is 0 Å². The molecule has 0 aliphatic carbocycles. The van der Waals surface area contributed by atoms with Crippen molar-refractivity contribution >= 4 is 11.3 Å². The summed E-state index contributed by atoms with van der Waals surface area (Å²) in [4.78, 5) is 5.53. The van der Waals surface area contributed by atoms with Crippen molar-refractivity contribution in [3.05, 3.63) is 34.0 Å². The number of hydrogen-bond donors (Lipinski definition) is 1. The normalized spacial score (nSPS) is 10.9. The highest BCUT2D eigenvalue weighted by Crippen LogP contribution is 2.11. The summed E-state index contributed by atoms with van der Waals surface area (Å²) in [6, 6.07) is 0. The summed E-state index contributed by atoms with van der Waals surface area (Å²) in [5.74, 6) is 0. The Morgan fingerprint density at radius 1 is 1.44 bits per heavy atom. The molecule has 0 saturated carbocycles. The molecular formula is C11H16N4S. The average Bonchev–Trinajstić information content (AvgIpc) is 2.89. The second-order valence-electron chi connectivity index (χ2n) is 3.67. The molecular weight excluding hydrogens is 220 g/mol. The van der Waals surface area contributed by atoms with Crippen LogP contribution in [0.25, 0.3) is 0 Å². The van der Waals surface area contributed by atoms with Gasteiger partial charge in [0.25, 0.3) is 0 Å². The van der Waals surface area contributed by atoms with Crippen LogP contribution in [-0.4, -0.2) is 14.8 Å². The fourth-order valence-electron chi connectivity index (χ4n) is 1.49. The lowest BCUT2D eigenvalue weighted by Gasteiger charge is -2.01. The number of hydrogen-bond acceptors (Lipinski definition) is 4. The molecule has 0 spiro atoms. The second-order valence-corrected chi connectivity index (χ2v) is 4.61. The van der Waals surface area contributed by atoms with Gasteiger partial charge in [-0.2, -0.15) is 5.10 Å². The van der Waals surface area contributed by atoms with Gasteiger partial charge >= 0.3 is 0 Å². The van der Waals surface area contributed by atoms with Crippen LogP contribution in [0.5, 0.6) is 0 Å². The molecule has 0 bridgehead atoms. The predicted molar refractivity (Wildman–Crippen MR) is 65.3 cm³/mol. The van der Waals surface area contributed by atoms with E-state index in [1.54, 1.807) is 11.3 Å². The van der Waals surface area contributed by atoms with E-state index in [1.165, 1.54) is 10.4 Å². The summed E-state index contributed by atoms with van der Waals surface area (Å²) in [6.45, 7) is 6.80. The van der Waals surface area contributed by atoms with E-state index in [2.05, 4.69) is 28.5 Å². The Bertz CT molecular complexity index is 446. The van der Waals surface area contributed by atoms with E-state index >= 15 is 0 Å². The first kappa shape index (κ1) is 11.3. The van der Waals surface area contributed by atoms with Crippen molar-refractivity contribution in [1.29, 1.82) is 0 Å². The van der Waals surface area contributed by atoms with E-state index in [0.29, 0.717) is 0 Å². The van der Waals surface area contributed by atoms with Gasteiger partial charge in [0.15, 0.2) is 0 Å². The summed E-state index contributed by atoms with van der Waals surface area (Å²) in [5, 5.41) is 7.63. The van der Waals surface area contributed by atoms with Crippen LogP contribution in [0.1, 0.15) is 23.1 Å². The van der Waals surface area contributed by atoms with Crippen molar-refractivity contribution in [1.82, 2.24) is 20.1 Å². The molecule has 0 atom stereocenters. The molecule has 2 aromatic heterocycles. The molecule has 4 nitrogen and oxygen atoms in total. The summed E-state index contributed by atoms with van der Waals surface area (Å²) in [5.41, 5.74) is 4.24. The molecule has 86 valence electrons. The standard InChI is InChI=1S/C11H16N4S/c1-3-15-7-10(5-14-15)4-12-6-11-9(2)13-8-16-11/h5,7-8,12H,3-4,6H2,1-2H3. The molecule has 2 heterocycles. The van der Waals surface area contributed by atoms with Crippen LogP contribution in [0.3, 0.4) is 0 Å². The van der Waals surface area contributed by atoms with Gasteiger partial charge in [0.1, 0.15) is 0 Å². The van der Waals surface area contributed by atoms with Gasteiger partial charge < -0.3 is 5.32 Å². The van der Waals surface area contributed by atoms with Crippen LogP contribution >= 0.6 is 11.3 Å². The Morgan fingerprint density at radius 2 is 2.31 bits per heavy atom. The first-order chi connectivity index (χ1) is 7.79. The third-order valence-corrected chi connectivity index (χ3v) is 3.41. The van der Waals surface area contributed by atoms with Crippen molar-refractivity contribution in [2.24, 2.45) is 0 Å². The largest absolute Gasteiger partial charge is 0.308 e. The first-order valence-electron chi connectivity index (χ1n) is 5.40. The summed E-state index contributed by atoms with van der Waals surface area (Å²) in [7, 11) is 0. The number of thiazole rings is 1. The van der Waals surface area contributed by atoms with Crippen molar-refractivity contribution in [3.63, 3.8) is 0 Å². The Kier molecular flexibility index (Phi) is 3.69. The minimum atomic E-state index is 0.858. The lowest BCUT2D eigenvalue weighted by molar-refractivity contribution is 0.656. The monoisotopic (exact) mass is 236 g/mol. The molecule has 0 aromatic carbocycles. The minimum Gasteiger partial charge on any atom is -0.308 e. The molecule has 0 radical (unpaired) electrons. The van der Waals surface area contributed by atoms with E-state index in [9.17, 15) is 0 Å². The second kappa shape index (κ2) is 5.23. The van der Waals surface area contributed by atoms with E-state index in [1.807, 2.05) is 23.3 Å². The summed E-state index contributed by atoms with van der Waals surface area (Å²) < 4.78 is 1.94. The highest BCUT2D eigenvalue weighted by atomic mass is 32.1. The van der Waals surface area contributed by atoms with E-state index in [4.69, 9.17) is 0 Å². The maximum absolute atomic E-state index is 4.23. The van der Waals surface area contributed by atoms with Crippen molar-refractivity contribution in [2.75, 3.05) is 0 Å². The van der Waals surface area contributed by atoms with Gasteiger partial charge in [0.05, 0.1) is 17.4 Å². The number of rotatable bonds is 5. The number of nitrogens with one attached hydrogen (secondary N) is 1. The van der Waals surface area contributed by atoms with Crippen LogP contribution in [0.15, 0.2) is 17.9 Å². The zero-order valence-corrected chi connectivity index (χ0v) is 10.4. The Morgan fingerprint density at radius 3 is 2.94 bits per heavy atom. The quantitative estimate of drug-likeness (QED) is 0.863. The van der Waals surface area contributed by atoms with Crippen molar-refractivity contribution in [2.45, 2.75) is 33.5 Å². The lowest BCUT2D eigenvalue weighted by atomic mass is 10.3. The van der Waals surface area contributed by atoms with Gasteiger partial charge in [-0.1, -0.05) is 0 Å². The average molecular weight is 236 g/mol. The van der Waals surface area contributed by atoms with Gasteiger partial charge in [-0.05, 0) is 13.8 Å². The molecule has 0 fully saturated rings. The van der Waals surface area contributed by atoms with Crippen LogP contribution in [-0.2, 0) is 19.6 Å². The molecule has 0 unspecified atom stereocenters. The maximum Gasteiger partial charge on any atom is 0.0798 e. The highest BCUT2D eigenvalue weighted by Gasteiger charge is 2.01. The first-order valence-corrected chi connectivity index (χ1v) is 6.28. The molecule has 0 saturated heterocycles. The molecule has 0 aliphatic heterocycles. The van der Waals surface area contributed by atoms with Crippen molar-refractivity contribution in [3.8, 4) is 0 Å². The van der Waals surface area contributed by atoms with E-state index in [-0.39, 0.29) is 0 Å². The molecule has 0 aliphatic rings. The minimum absolute atomic E-state index is 0.858.